The third kappa shape index (κ3) is 3.37. The molecule has 1 unspecified atom stereocenters. The van der Waals surface area contributed by atoms with Gasteiger partial charge in [-0.2, -0.15) is 0 Å². The zero-order chi connectivity index (χ0) is 19.0. The van der Waals surface area contributed by atoms with Crippen molar-refractivity contribution in [2.75, 3.05) is 13.6 Å². The Kier molecular flexibility index (Phi) is 4.74. The number of furan rings is 1. The highest BCUT2D eigenvalue weighted by Crippen LogP contribution is 2.36. The number of hydrogen-bond donors (Lipinski definition) is 1. The maximum absolute atomic E-state index is 13.0. The number of fused-ring (bicyclic) bond motifs is 1. The van der Waals surface area contributed by atoms with Gasteiger partial charge in [0.25, 0.3) is 5.91 Å². The molecule has 0 saturated carbocycles. The number of benzene rings is 1. The minimum atomic E-state index is -0.0812. The van der Waals surface area contributed by atoms with Crippen LogP contribution in [0.1, 0.15) is 44.6 Å². The molecule has 2 aromatic heterocycles. The fraction of sp³-hybridized carbons (Fsp3) is 0.333. The smallest absolute Gasteiger partial charge is 0.261 e. The molecule has 3 heterocycles. The molecule has 5 nitrogen and oxygen atoms in total. The van der Waals surface area contributed by atoms with E-state index in [1.165, 1.54) is 11.3 Å². The van der Waals surface area contributed by atoms with Gasteiger partial charge in [-0.25, -0.2) is 0 Å². The van der Waals surface area contributed by atoms with Gasteiger partial charge in [-0.3, -0.25) is 9.59 Å². The molecule has 0 bridgehead atoms. The van der Waals surface area contributed by atoms with Crippen molar-refractivity contribution in [3.8, 4) is 0 Å². The van der Waals surface area contributed by atoms with Gasteiger partial charge >= 0.3 is 0 Å². The van der Waals surface area contributed by atoms with E-state index >= 15 is 0 Å². The number of rotatable bonds is 4. The third-order valence-electron chi connectivity index (χ3n) is 5.13. The van der Waals surface area contributed by atoms with Crippen molar-refractivity contribution >= 4 is 34.1 Å². The van der Waals surface area contributed by atoms with Gasteiger partial charge in [-0.15, -0.1) is 11.3 Å². The van der Waals surface area contributed by atoms with Crippen LogP contribution in [-0.2, 0) is 11.2 Å². The number of nitrogens with zero attached hydrogens (tertiary/aromatic N) is 1. The second-order valence-electron chi connectivity index (χ2n) is 6.96. The Balaban J connectivity index is 1.53. The second-order valence-corrected chi connectivity index (χ2v) is 8.08. The molecule has 1 aliphatic heterocycles. The first-order valence-corrected chi connectivity index (χ1v) is 9.96. The summed E-state index contributed by atoms with van der Waals surface area (Å²) >= 11 is 1.47. The molecule has 1 N–H and O–H groups in total. The van der Waals surface area contributed by atoms with Crippen LogP contribution >= 0.6 is 11.3 Å². The Labute approximate surface area is 162 Å². The monoisotopic (exact) mass is 382 g/mol. The van der Waals surface area contributed by atoms with Crippen molar-refractivity contribution in [3.63, 3.8) is 0 Å². The number of amides is 2. The Hall–Kier alpha value is -2.60. The first-order valence-electron chi connectivity index (χ1n) is 9.15. The molecule has 140 valence electrons. The molecule has 6 heteroatoms. The predicted octanol–water partition coefficient (Wildman–Crippen LogP) is 4.07. The van der Waals surface area contributed by atoms with Crippen molar-refractivity contribution in [1.29, 1.82) is 0 Å². The fourth-order valence-corrected chi connectivity index (χ4v) is 4.83. The summed E-state index contributed by atoms with van der Waals surface area (Å²) in [6, 6.07) is 9.92. The van der Waals surface area contributed by atoms with Crippen molar-refractivity contribution in [1.82, 2.24) is 10.2 Å². The zero-order valence-corrected chi connectivity index (χ0v) is 16.3. The van der Waals surface area contributed by atoms with Crippen LogP contribution in [0, 0.1) is 6.92 Å². The van der Waals surface area contributed by atoms with Crippen LogP contribution in [0.2, 0.25) is 0 Å². The highest BCUT2D eigenvalue weighted by molar-refractivity contribution is 7.14. The van der Waals surface area contributed by atoms with Crippen molar-refractivity contribution in [3.05, 3.63) is 57.5 Å². The molecule has 1 saturated heterocycles. The number of carbonyl (C=O) groups excluding carboxylic acids is 2. The molecule has 1 fully saturated rings. The van der Waals surface area contributed by atoms with Crippen molar-refractivity contribution < 1.29 is 14.0 Å². The molecule has 0 radical (unpaired) electrons. The summed E-state index contributed by atoms with van der Waals surface area (Å²) in [5.41, 5.74) is 2.89. The summed E-state index contributed by atoms with van der Waals surface area (Å²) in [4.78, 5) is 28.5. The lowest BCUT2D eigenvalue weighted by atomic mass is 10.1. The molecule has 1 aliphatic rings. The van der Waals surface area contributed by atoms with Gasteiger partial charge in [0.1, 0.15) is 5.58 Å². The van der Waals surface area contributed by atoms with Gasteiger partial charge < -0.3 is 14.6 Å². The van der Waals surface area contributed by atoms with Crippen LogP contribution < -0.4 is 5.32 Å². The number of nitrogens with one attached hydrogen (secondary N) is 1. The van der Waals surface area contributed by atoms with Gasteiger partial charge in [-0.05, 0) is 43.5 Å². The van der Waals surface area contributed by atoms with Crippen molar-refractivity contribution in [2.45, 2.75) is 32.2 Å². The number of likely N-dealkylation sites (tertiary alicyclic amines) is 1. The number of carbonyl (C=O) groups is 2. The largest absolute Gasteiger partial charge is 0.464 e. The highest BCUT2D eigenvalue weighted by atomic mass is 32.1. The van der Waals surface area contributed by atoms with E-state index in [1.807, 2.05) is 42.2 Å². The van der Waals surface area contributed by atoms with Crippen LogP contribution in [0.3, 0.4) is 0 Å². The average molecular weight is 382 g/mol. The SMILES string of the molecule is CNC(=O)c1ccc(C2CCCN2C(=O)Cc2coc3cc(C)ccc23)s1. The van der Waals surface area contributed by atoms with Crippen LogP contribution in [0.15, 0.2) is 41.0 Å². The lowest BCUT2D eigenvalue weighted by Crippen LogP contribution is -2.31. The first kappa shape index (κ1) is 17.8. The Morgan fingerprint density at radius 3 is 2.96 bits per heavy atom. The summed E-state index contributed by atoms with van der Waals surface area (Å²) < 4.78 is 5.63. The predicted molar refractivity (Wildman–Crippen MR) is 106 cm³/mol. The minimum Gasteiger partial charge on any atom is -0.464 e. The molecule has 0 aliphatic carbocycles. The maximum atomic E-state index is 13.0. The van der Waals surface area contributed by atoms with Crippen LogP contribution in [0.5, 0.6) is 0 Å². The summed E-state index contributed by atoms with van der Waals surface area (Å²) in [6.07, 6.45) is 3.95. The summed E-state index contributed by atoms with van der Waals surface area (Å²) in [6.45, 7) is 2.78. The molecular formula is C21H22N2O3S. The molecule has 4 rings (SSSR count). The molecule has 2 amide bonds. The van der Waals surface area contributed by atoms with Crippen LogP contribution in [0.4, 0.5) is 0 Å². The standard InChI is InChI=1S/C21H22N2O3S/c1-13-5-6-15-14(12-26-17(15)10-13)11-20(24)23-9-3-4-16(23)18-7-8-19(27-18)21(25)22-2/h5-8,10,12,16H,3-4,9,11H2,1-2H3,(H,22,25). The molecule has 1 atom stereocenters. The van der Waals surface area contributed by atoms with E-state index in [0.29, 0.717) is 11.3 Å². The number of hydrogen-bond acceptors (Lipinski definition) is 4. The Morgan fingerprint density at radius 1 is 1.30 bits per heavy atom. The molecule has 27 heavy (non-hydrogen) atoms. The molecular weight excluding hydrogens is 360 g/mol. The molecule has 3 aromatic rings. The van der Waals surface area contributed by atoms with Gasteiger partial charge in [0.05, 0.1) is 23.6 Å². The topological polar surface area (TPSA) is 62.6 Å². The van der Waals surface area contributed by atoms with E-state index in [0.717, 1.165) is 46.4 Å². The lowest BCUT2D eigenvalue weighted by molar-refractivity contribution is -0.131. The number of aryl methyl sites for hydroxylation is 1. The summed E-state index contributed by atoms with van der Waals surface area (Å²) in [5, 5.41) is 3.65. The van der Waals surface area contributed by atoms with Crippen molar-refractivity contribution in [2.24, 2.45) is 0 Å². The van der Waals surface area contributed by atoms with E-state index < -0.39 is 0 Å². The van der Waals surface area contributed by atoms with Gasteiger partial charge in [-0.1, -0.05) is 12.1 Å². The normalized spacial score (nSPS) is 16.8. The Bertz CT molecular complexity index is 1000. The fourth-order valence-electron chi connectivity index (χ4n) is 3.73. The van der Waals surface area contributed by atoms with Gasteiger partial charge in [0.2, 0.25) is 5.91 Å². The first-order chi connectivity index (χ1) is 13.1. The average Bonchev–Trinajstić information content (AvgIpc) is 3.39. The van der Waals surface area contributed by atoms with Crippen LogP contribution in [0.25, 0.3) is 11.0 Å². The lowest BCUT2D eigenvalue weighted by Gasteiger charge is -2.23. The maximum Gasteiger partial charge on any atom is 0.261 e. The van der Waals surface area contributed by atoms with Crippen LogP contribution in [-0.4, -0.2) is 30.3 Å². The minimum absolute atomic E-state index is 0.0568. The van der Waals surface area contributed by atoms with Gasteiger partial charge in [0.15, 0.2) is 0 Å². The van der Waals surface area contributed by atoms with Gasteiger partial charge in [0, 0.05) is 29.4 Å². The molecule has 0 spiro atoms. The van der Waals surface area contributed by atoms with E-state index in [-0.39, 0.29) is 17.9 Å². The van der Waals surface area contributed by atoms with E-state index in [9.17, 15) is 9.59 Å². The van der Waals surface area contributed by atoms with E-state index in [1.54, 1.807) is 13.3 Å². The Morgan fingerprint density at radius 2 is 2.15 bits per heavy atom. The second kappa shape index (κ2) is 7.19. The zero-order valence-electron chi connectivity index (χ0n) is 15.5. The summed E-state index contributed by atoms with van der Waals surface area (Å²) in [7, 11) is 1.63. The quantitative estimate of drug-likeness (QED) is 0.740. The van der Waals surface area contributed by atoms with E-state index in [4.69, 9.17) is 4.42 Å². The number of thiophene rings is 1. The third-order valence-corrected chi connectivity index (χ3v) is 6.32. The molecule has 1 aromatic carbocycles. The highest BCUT2D eigenvalue weighted by Gasteiger charge is 2.31. The summed E-state index contributed by atoms with van der Waals surface area (Å²) in [5.74, 6) is 0.0259. The van der Waals surface area contributed by atoms with E-state index in [2.05, 4.69) is 5.32 Å².